The smallest absolute Gasteiger partial charge is 0.328 e. The summed E-state index contributed by atoms with van der Waals surface area (Å²) >= 11 is 0. The van der Waals surface area contributed by atoms with Crippen LogP contribution in [0.2, 0.25) is 0 Å². The van der Waals surface area contributed by atoms with E-state index < -0.39 is 5.97 Å². The number of carboxylic acids is 1. The summed E-state index contributed by atoms with van der Waals surface area (Å²) in [5.74, 6) is -0.923. The molecule has 0 atom stereocenters. The van der Waals surface area contributed by atoms with Crippen LogP contribution in [0.25, 0.3) is 6.08 Å². The fraction of sp³-hybridized carbons (Fsp3) is 0.267. The minimum absolute atomic E-state index is 0.0816. The molecule has 1 N–H and O–H groups in total. The van der Waals surface area contributed by atoms with Crippen molar-refractivity contribution in [3.63, 3.8) is 0 Å². The van der Waals surface area contributed by atoms with E-state index in [0.29, 0.717) is 0 Å². The zero-order chi connectivity index (χ0) is 12.9. The van der Waals surface area contributed by atoms with Gasteiger partial charge in [0.25, 0.3) is 0 Å². The van der Waals surface area contributed by atoms with Gasteiger partial charge in [0.15, 0.2) is 0 Å². The Morgan fingerprint density at radius 3 is 2.18 bits per heavy atom. The van der Waals surface area contributed by atoms with Gasteiger partial charge in [0, 0.05) is 6.08 Å². The van der Waals surface area contributed by atoms with Crippen molar-refractivity contribution < 1.29 is 9.90 Å². The lowest BCUT2D eigenvalue weighted by Crippen LogP contribution is -2.07. The van der Waals surface area contributed by atoms with Crippen molar-refractivity contribution in [2.24, 2.45) is 5.41 Å². The van der Waals surface area contributed by atoms with Gasteiger partial charge in [-0.1, -0.05) is 63.3 Å². The molecule has 0 bridgehead atoms. The summed E-state index contributed by atoms with van der Waals surface area (Å²) < 4.78 is 0. The van der Waals surface area contributed by atoms with Crippen LogP contribution in [0.1, 0.15) is 26.3 Å². The number of benzene rings is 1. The largest absolute Gasteiger partial charge is 0.478 e. The SMILES string of the molecule is CC(C)(C)C(C=CC(=O)O)=Cc1ccccc1. The molecule has 0 heterocycles. The Morgan fingerprint density at radius 1 is 1.12 bits per heavy atom. The summed E-state index contributed by atoms with van der Waals surface area (Å²) in [5, 5.41) is 8.68. The van der Waals surface area contributed by atoms with Gasteiger partial charge in [-0.05, 0) is 16.6 Å². The highest BCUT2D eigenvalue weighted by atomic mass is 16.4. The van der Waals surface area contributed by atoms with Crippen molar-refractivity contribution in [1.82, 2.24) is 0 Å². The topological polar surface area (TPSA) is 37.3 Å². The number of carbonyl (C=O) groups is 1. The van der Waals surface area contributed by atoms with E-state index >= 15 is 0 Å². The van der Waals surface area contributed by atoms with Crippen molar-refractivity contribution in [3.8, 4) is 0 Å². The summed E-state index contributed by atoms with van der Waals surface area (Å²) in [6.45, 7) is 6.19. The van der Waals surface area contributed by atoms with E-state index in [9.17, 15) is 4.79 Å². The fourth-order valence-electron chi connectivity index (χ4n) is 1.40. The monoisotopic (exact) mass is 230 g/mol. The van der Waals surface area contributed by atoms with Crippen LogP contribution < -0.4 is 0 Å². The molecule has 2 heteroatoms. The van der Waals surface area contributed by atoms with E-state index in [1.54, 1.807) is 6.08 Å². The number of hydrogen-bond donors (Lipinski definition) is 1. The molecule has 1 rings (SSSR count). The Balaban J connectivity index is 3.08. The van der Waals surface area contributed by atoms with Crippen LogP contribution in [-0.2, 0) is 4.79 Å². The van der Waals surface area contributed by atoms with Crippen LogP contribution >= 0.6 is 0 Å². The van der Waals surface area contributed by atoms with Gasteiger partial charge in [-0.3, -0.25) is 0 Å². The second-order valence-electron chi connectivity index (χ2n) is 4.93. The first kappa shape index (κ1) is 13.2. The maximum Gasteiger partial charge on any atom is 0.328 e. The second kappa shape index (κ2) is 5.48. The van der Waals surface area contributed by atoms with Crippen molar-refractivity contribution in [2.45, 2.75) is 20.8 Å². The lowest BCUT2D eigenvalue weighted by atomic mass is 9.85. The minimum atomic E-state index is -0.923. The Hall–Kier alpha value is -1.83. The summed E-state index contributed by atoms with van der Waals surface area (Å²) in [4.78, 5) is 10.6. The predicted molar refractivity (Wildman–Crippen MR) is 70.6 cm³/mol. The Labute approximate surface area is 102 Å². The fourth-order valence-corrected chi connectivity index (χ4v) is 1.40. The molecule has 17 heavy (non-hydrogen) atoms. The van der Waals surface area contributed by atoms with Crippen LogP contribution in [0.15, 0.2) is 48.1 Å². The molecule has 1 aromatic rings. The molecular weight excluding hydrogens is 212 g/mol. The second-order valence-corrected chi connectivity index (χ2v) is 4.93. The van der Waals surface area contributed by atoms with Gasteiger partial charge in [-0.15, -0.1) is 0 Å². The van der Waals surface area contributed by atoms with Crippen LogP contribution in [0.5, 0.6) is 0 Å². The predicted octanol–water partition coefficient (Wildman–Crippen LogP) is 3.76. The van der Waals surface area contributed by atoms with Gasteiger partial charge >= 0.3 is 5.97 Å². The molecule has 0 radical (unpaired) electrons. The molecule has 1 aromatic carbocycles. The van der Waals surface area contributed by atoms with E-state index in [4.69, 9.17) is 5.11 Å². The molecule has 2 nitrogen and oxygen atoms in total. The number of carboxylic acid groups (broad SMARTS) is 1. The zero-order valence-electron chi connectivity index (χ0n) is 10.5. The maximum atomic E-state index is 10.6. The molecular formula is C15H18O2. The standard InChI is InChI=1S/C15H18O2/c1-15(2,3)13(9-10-14(16)17)11-12-7-5-4-6-8-12/h4-11H,1-3H3,(H,16,17). The number of rotatable bonds is 3. The first-order valence-corrected chi connectivity index (χ1v) is 5.58. The third-order valence-corrected chi connectivity index (χ3v) is 2.39. The Kier molecular flexibility index (Phi) is 4.27. The quantitative estimate of drug-likeness (QED) is 0.634. The molecule has 90 valence electrons. The average molecular weight is 230 g/mol. The van der Waals surface area contributed by atoms with Crippen LogP contribution in [0, 0.1) is 5.41 Å². The maximum absolute atomic E-state index is 10.6. The van der Waals surface area contributed by atoms with Crippen LogP contribution in [0.4, 0.5) is 0 Å². The molecule has 0 saturated heterocycles. The van der Waals surface area contributed by atoms with E-state index in [2.05, 4.69) is 20.8 Å². The summed E-state index contributed by atoms with van der Waals surface area (Å²) in [7, 11) is 0. The molecule has 0 aliphatic heterocycles. The highest BCUT2D eigenvalue weighted by Gasteiger charge is 2.14. The first-order valence-electron chi connectivity index (χ1n) is 5.58. The Morgan fingerprint density at radius 2 is 1.71 bits per heavy atom. The Bertz CT molecular complexity index is 434. The van der Waals surface area contributed by atoms with Gasteiger partial charge in [0.2, 0.25) is 0 Å². The van der Waals surface area contributed by atoms with Gasteiger partial charge in [-0.2, -0.15) is 0 Å². The summed E-state index contributed by atoms with van der Waals surface area (Å²) in [6.07, 6.45) is 4.86. The van der Waals surface area contributed by atoms with Gasteiger partial charge in [0.1, 0.15) is 0 Å². The van der Waals surface area contributed by atoms with E-state index in [1.165, 1.54) is 6.08 Å². The van der Waals surface area contributed by atoms with Crippen molar-refractivity contribution in [1.29, 1.82) is 0 Å². The molecule has 0 saturated carbocycles. The van der Waals surface area contributed by atoms with Crippen molar-refractivity contribution in [2.75, 3.05) is 0 Å². The van der Waals surface area contributed by atoms with Crippen molar-refractivity contribution in [3.05, 3.63) is 53.6 Å². The summed E-state index contributed by atoms with van der Waals surface area (Å²) in [6, 6.07) is 9.89. The van der Waals surface area contributed by atoms with Crippen LogP contribution in [0.3, 0.4) is 0 Å². The number of allylic oxidation sites excluding steroid dienone is 2. The zero-order valence-corrected chi connectivity index (χ0v) is 10.5. The molecule has 0 aliphatic carbocycles. The lowest BCUT2D eigenvalue weighted by molar-refractivity contribution is -0.131. The molecule has 0 fully saturated rings. The third kappa shape index (κ3) is 4.68. The number of aliphatic carboxylic acids is 1. The number of hydrogen-bond acceptors (Lipinski definition) is 1. The molecule has 0 amide bonds. The lowest BCUT2D eigenvalue weighted by Gasteiger charge is -2.20. The highest BCUT2D eigenvalue weighted by Crippen LogP contribution is 2.28. The van der Waals surface area contributed by atoms with E-state index in [-0.39, 0.29) is 5.41 Å². The molecule has 0 unspecified atom stereocenters. The highest BCUT2D eigenvalue weighted by molar-refractivity contribution is 5.81. The molecule has 0 aliphatic rings. The van der Waals surface area contributed by atoms with Crippen LogP contribution in [-0.4, -0.2) is 11.1 Å². The molecule has 0 spiro atoms. The first-order chi connectivity index (χ1) is 7.89. The van der Waals surface area contributed by atoms with Crippen molar-refractivity contribution >= 4 is 12.0 Å². The molecule has 0 aromatic heterocycles. The average Bonchev–Trinajstić information content (AvgIpc) is 2.23. The minimum Gasteiger partial charge on any atom is -0.478 e. The van der Waals surface area contributed by atoms with Gasteiger partial charge in [0.05, 0.1) is 0 Å². The normalized spacial score (nSPS) is 13.0. The third-order valence-electron chi connectivity index (χ3n) is 2.39. The summed E-state index contributed by atoms with van der Waals surface area (Å²) in [5.41, 5.74) is 1.99. The van der Waals surface area contributed by atoms with E-state index in [1.807, 2.05) is 36.4 Å². The van der Waals surface area contributed by atoms with Gasteiger partial charge < -0.3 is 5.11 Å². The van der Waals surface area contributed by atoms with E-state index in [0.717, 1.165) is 11.1 Å². The van der Waals surface area contributed by atoms with Gasteiger partial charge in [-0.25, -0.2) is 4.79 Å².